The van der Waals surface area contributed by atoms with Crippen molar-refractivity contribution in [2.45, 2.75) is 12.5 Å². The molecule has 5 nitrogen and oxygen atoms in total. The molecule has 0 aromatic carbocycles. The number of carbonyl (C=O) groups is 1. The lowest BCUT2D eigenvalue weighted by molar-refractivity contribution is -0.142. The number of ether oxygens (including phenoxy) is 1. The molecule has 0 saturated carbocycles. The third-order valence-corrected chi connectivity index (χ3v) is 2.01. The van der Waals surface area contributed by atoms with Gasteiger partial charge in [0.25, 0.3) is 0 Å². The van der Waals surface area contributed by atoms with Crippen LogP contribution in [0.4, 0.5) is 0 Å². The van der Waals surface area contributed by atoms with Gasteiger partial charge in [0.2, 0.25) is 0 Å². The van der Waals surface area contributed by atoms with E-state index in [1.807, 2.05) is 17.8 Å². The zero-order valence-corrected chi connectivity index (χ0v) is 8.65. The summed E-state index contributed by atoms with van der Waals surface area (Å²) < 4.78 is 6.49. The largest absolute Gasteiger partial charge is 0.468 e. The molecular weight excluding hydrogens is 182 g/mol. The molecule has 0 spiro atoms. The van der Waals surface area contributed by atoms with E-state index in [1.165, 1.54) is 7.11 Å². The molecule has 0 fully saturated rings. The third-order valence-electron chi connectivity index (χ3n) is 2.01. The van der Waals surface area contributed by atoms with Crippen molar-refractivity contribution in [3.63, 3.8) is 0 Å². The molecule has 0 bridgehead atoms. The molecular formula is C9H15N3O2. The van der Waals surface area contributed by atoms with Crippen molar-refractivity contribution in [3.8, 4) is 0 Å². The van der Waals surface area contributed by atoms with E-state index in [-0.39, 0.29) is 12.0 Å². The second-order valence-electron chi connectivity index (χ2n) is 3.10. The summed E-state index contributed by atoms with van der Waals surface area (Å²) in [5.41, 5.74) is 0.872. The predicted molar refractivity (Wildman–Crippen MR) is 51.8 cm³/mol. The van der Waals surface area contributed by atoms with E-state index in [0.29, 0.717) is 6.42 Å². The van der Waals surface area contributed by atoms with Crippen molar-refractivity contribution in [1.29, 1.82) is 0 Å². The minimum absolute atomic E-state index is 0.266. The fraction of sp³-hybridized carbons (Fsp3) is 0.556. The van der Waals surface area contributed by atoms with Gasteiger partial charge in [-0.2, -0.15) is 0 Å². The van der Waals surface area contributed by atoms with Crippen LogP contribution in [0.1, 0.15) is 5.69 Å². The molecule has 0 radical (unpaired) electrons. The van der Waals surface area contributed by atoms with Crippen molar-refractivity contribution >= 4 is 5.97 Å². The van der Waals surface area contributed by atoms with Crippen molar-refractivity contribution < 1.29 is 9.53 Å². The zero-order chi connectivity index (χ0) is 10.6. The van der Waals surface area contributed by atoms with Crippen molar-refractivity contribution in [3.05, 3.63) is 18.2 Å². The number of rotatable bonds is 4. The van der Waals surface area contributed by atoms with Gasteiger partial charge >= 0.3 is 5.97 Å². The number of carbonyl (C=O) groups excluding carboxylic acids is 1. The lowest BCUT2D eigenvalue weighted by Crippen LogP contribution is -2.37. The molecule has 0 aliphatic rings. The average Bonchev–Trinajstić information content (AvgIpc) is 2.59. The standard InChI is InChI=1S/C9H15N3O2/c1-10-8(9(13)14-3)4-7-5-12(2)6-11-7/h5-6,8,10H,4H2,1-3H3/t8-/m0/s1. The summed E-state index contributed by atoms with van der Waals surface area (Å²) in [6.45, 7) is 0. The van der Waals surface area contributed by atoms with E-state index < -0.39 is 0 Å². The first-order valence-corrected chi connectivity index (χ1v) is 4.39. The number of aromatic nitrogens is 2. The van der Waals surface area contributed by atoms with Crippen LogP contribution in [0.3, 0.4) is 0 Å². The maximum Gasteiger partial charge on any atom is 0.323 e. The number of methoxy groups -OCH3 is 1. The molecule has 0 aliphatic carbocycles. The van der Waals surface area contributed by atoms with Crippen molar-refractivity contribution in [2.75, 3.05) is 14.2 Å². The van der Waals surface area contributed by atoms with E-state index >= 15 is 0 Å². The van der Waals surface area contributed by atoms with Crippen molar-refractivity contribution in [1.82, 2.24) is 14.9 Å². The van der Waals surface area contributed by atoms with E-state index in [2.05, 4.69) is 15.0 Å². The Hall–Kier alpha value is -1.36. The quantitative estimate of drug-likeness (QED) is 0.675. The van der Waals surface area contributed by atoms with Gasteiger partial charge in [0.15, 0.2) is 0 Å². The first-order valence-electron chi connectivity index (χ1n) is 4.39. The molecule has 1 aromatic heterocycles. The van der Waals surface area contributed by atoms with Gasteiger partial charge in [-0.1, -0.05) is 0 Å². The summed E-state index contributed by atoms with van der Waals surface area (Å²) >= 11 is 0. The number of aryl methyl sites for hydroxylation is 1. The molecule has 1 N–H and O–H groups in total. The van der Waals surface area contributed by atoms with Gasteiger partial charge in [-0.3, -0.25) is 4.79 Å². The summed E-state index contributed by atoms with van der Waals surface area (Å²) in [7, 11) is 5.00. The number of likely N-dealkylation sites (N-methyl/N-ethyl adjacent to an activating group) is 1. The van der Waals surface area contributed by atoms with E-state index in [4.69, 9.17) is 0 Å². The lowest BCUT2D eigenvalue weighted by atomic mass is 10.2. The van der Waals surface area contributed by atoms with Gasteiger partial charge in [0.05, 0.1) is 19.1 Å². The summed E-state index contributed by atoms with van der Waals surface area (Å²) in [6, 6.07) is -0.324. The molecule has 1 rings (SSSR count). The van der Waals surface area contributed by atoms with Crippen LogP contribution < -0.4 is 5.32 Å². The van der Waals surface area contributed by atoms with Crippen molar-refractivity contribution in [2.24, 2.45) is 7.05 Å². The highest BCUT2D eigenvalue weighted by Crippen LogP contribution is 2.00. The molecule has 0 unspecified atom stereocenters. The number of nitrogens with zero attached hydrogens (tertiary/aromatic N) is 2. The summed E-state index contributed by atoms with van der Waals surface area (Å²) in [5, 5.41) is 2.89. The lowest BCUT2D eigenvalue weighted by Gasteiger charge is -2.11. The molecule has 1 aromatic rings. The Morgan fingerprint density at radius 1 is 1.79 bits per heavy atom. The summed E-state index contributed by atoms with van der Waals surface area (Å²) in [5.74, 6) is -0.266. The Morgan fingerprint density at radius 2 is 2.50 bits per heavy atom. The molecule has 78 valence electrons. The maximum absolute atomic E-state index is 11.2. The molecule has 14 heavy (non-hydrogen) atoms. The summed E-state index contributed by atoms with van der Waals surface area (Å²) in [4.78, 5) is 15.4. The Kier molecular flexibility index (Phi) is 3.64. The van der Waals surface area contributed by atoms with Gasteiger partial charge in [0.1, 0.15) is 6.04 Å². The minimum Gasteiger partial charge on any atom is -0.468 e. The monoisotopic (exact) mass is 197 g/mol. The molecule has 0 saturated heterocycles. The maximum atomic E-state index is 11.2. The molecule has 0 aliphatic heterocycles. The highest BCUT2D eigenvalue weighted by Gasteiger charge is 2.18. The van der Waals surface area contributed by atoms with E-state index in [0.717, 1.165) is 5.69 Å². The Balaban J connectivity index is 2.61. The first kappa shape index (κ1) is 10.7. The minimum atomic E-state index is -0.324. The second-order valence-corrected chi connectivity index (χ2v) is 3.10. The van der Waals surface area contributed by atoms with E-state index in [9.17, 15) is 4.79 Å². The predicted octanol–water partition coefficient (Wildman–Crippen LogP) is -0.276. The van der Waals surface area contributed by atoms with Gasteiger partial charge in [-0.25, -0.2) is 4.98 Å². The average molecular weight is 197 g/mol. The normalized spacial score (nSPS) is 12.5. The molecule has 0 amide bonds. The van der Waals surface area contributed by atoms with Gasteiger partial charge in [-0.05, 0) is 7.05 Å². The number of imidazole rings is 1. The number of hydrogen-bond acceptors (Lipinski definition) is 4. The van der Waals surface area contributed by atoms with Crippen LogP contribution >= 0.6 is 0 Å². The Bertz CT molecular complexity index is 309. The molecule has 1 atom stereocenters. The van der Waals surface area contributed by atoms with Gasteiger partial charge in [0, 0.05) is 19.7 Å². The van der Waals surface area contributed by atoms with Crippen LogP contribution in [0.5, 0.6) is 0 Å². The fourth-order valence-corrected chi connectivity index (χ4v) is 1.23. The zero-order valence-electron chi connectivity index (χ0n) is 8.65. The van der Waals surface area contributed by atoms with Crippen LogP contribution in [0.15, 0.2) is 12.5 Å². The molecule has 1 heterocycles. The SMILES string of the molecule is CN[C@@H](Cc1cn(C)cn1)C(=O)OC. The van der Waals surface area contributed by atoms with Crippen LogP contribution in [-0.2, 0) is 23.0 Å². The second kappa shape index (κ2) is 4.76. The van der Waals surface area contributed by atoms with E-state index in [1.54, 1.807) is 13.4 Å². The number of hydrogen-bond donors (Lipinski definition) is 1. The topological polar surface area (TPSA) is 56.2 Å². The number of nitrogens with one attached hydrogen (secondary N) is 1. The first-order chi connectivity index (χ1) is 6.67. The van der Waals surface area contributed by atoms with Crippen LogP contribution in [0.2, 0.25) is 0 Å². The number of esters is 1. The highest BCUT2D eigenvalue weighted by atomic mass is 16.5. The Labute approximate surface area is 83.1 Å². The van der Waals surface area contributed by atoms with Crippen LogP contribution in [-0.4, -0.2) is 35.7 Å². The molecule has 5 heteroatoms. The third kappa shape index (κ3) is 2.56. The Morgan fingerprint density at radius 3 is 2.93 bits per heavy atom. The fourth-order valence-electron chi connectivity index (χ4n) is 1.23. The highest BCUT2D eigenvalue weighted by molar-refractivity contribution is 5.75. The van der Waals surface area contributed by atoms with Gasteiger partial charge in [-0.15, -0.1) is 0 Å². The van der Waals surface area contributed by atoms with Gasteiger partial charge < -0.3 is 14.6 Å². The smallest absolute Gasteiger partial charge is 0.323 e. The van der Waals surface area contributed by atoms with Crippen LogP contribution in [0, 0.1) is 0 Å². The summed E-state index contributed by atoms with van der Waals surface area (Å²) in [6.07, 6.45) is 4.14. The van der Waals surface area contributed by atoms with Crippen LogP contribution in [0.25, 0.3) is 0 Å².